The Morgan fingerprint density at radius 1 is 0.880 bits per heavy atom. The van der Waals surface area contributed by atoms with Gasteiger partial charge in [-0.05, 0) is 43.9 Å². The standard InChI is InChI=1S/C19H24F2N2O2/c20-15-5-6-17(21)16(13-15)19(25)23-11-7-14(8-12-23)18(24)22-9-3-1-2-4-10-22/h5-6,13-14H,1-4,7-12H2. The van der Waals surface area contributed by atoms with Gasteiger partial charge in [0.05, 0.1) is 5.56 Å². The van der Waals surface area contributed by atoms with Crippen LogP contribution in [0.5, 0.6) is 0 Å². The van der Waals surface area contributed by atoms with Gasteiger partial charge in [-0.25, -0.2) is 8.78 Å². The molecule has 2 aliphatic rings. The third-order valence-electron chi connectivity index (χ3n) is 5.21. The van der Waals surface area contributed by atoms with Gasteiger partial charge in [0.25, 0.3) is 5.91 Å². The first kappa shape index (κ1) is 17.8. The fourth-order valence-corrected chi connectivity index (χ4v) is 3.71. The van der Waals surface area contributed by atoms with E-state index in [1.54, 1.807) is 0 Å². The van der Waals surface area contributed by atoms with E-state index in [-0.39, 0.29) is 17.4 Å². The predicted molar refractivity (Wildman–Crippen MR) is 90.0 cm³/mol. The molecule has 3 rings (SSSR count). The van der Waals surface area contributed by atoms with Gasteiger partial charge in [-0.3, -0.25) is 9.59 Å². The van der Waals surface area contributed by atoms with E-state index in [4.69, 9.17) is 0 Å². The van der Waals surface area contributed by atoms with Crippen LogP contribution in [0.2, 0.25) is 0 Å². The summed E-state index contributed by atoms with van der Waals surface area (Å²) in [4.78, 5) is 28.6. The summed E-state index contributed by atoms with van der Waals surface area (Å²) in [5.74, 6) is -1.73. The van der Waals surface area contributed by atoms with Crippen LogP contribution < -0.4 is 0 Å². The van der Waals surface area contributed by atoms with Crippen LogP contribution in [-0.4, -0.2) is 47.8 Å². The van der Waals surface area contributed by atoms with Gasteiger partial charge in [-0.15, -0.1) is 0 Å². The molecule has 1 aromatic carbocycles. The van der Waals surface area contributed by atoms with Gasteiger partial charge in [-0.1, -0.05) is 12.8 Å². The predicted octanol–water partition coefficient (Wildman–Crippen LogP) is 3.22. The van der Waals surface area contributed by atoms with E-state index in [1.165, 1.54) is 17.7 Å². The summed E-state index contributed by atoms with van der Waals surface area (Å²) in [7, 11) is 0. The van der Waals surface area contributed by atoms with E-state index in [2.05, 4.69) is 0 Å². The van der Waals surface area contributed by atoms with Crippen molar-refractivity contribution in [1.82, 2.24) is 9.80 Å². The molecule has 0 aromatic heterocycles. The number of carbonyl (C=O) groups is 2. The third-order valence-corrected chi connectivity index (χ3v) is 5.21. The Morgan fingerprint density at radius 2 is 1.52 bits per heavy atom. The Labute approximate surface area is 146 Å². The van der Waals surface area contributed by atoms with E-state index in [9.17, 15) is 18.4 Å². The number of rotatable bonds is 2. The fraction of sp³-hybridized carbons (Fsp3) is 0.579. The quantitative estimate of drug-likeness (QED) is 0.822. The number of benzene rings is 1. The highest BCUT2D eigenvalue weighted by Crippen LogP contribution is 2.23. The average molecular weight is 350 g/mol. The lowest BCUT2D eigenvalue weighted by molar-refractivity contribution is -0.136. The highest BCUT2D eigenvalue weighted by molar-refractivity contribution is 5.94. The number of nitrogens with zero attached hydrogens (tertiary/aromatic N) is 2. The zero-order valence-corrected chi connectivity index (χ0v) is 14.3. The molecule has 1 aromatic rings. The molecule has 0 bridgehead atoms. The molecule has 0 radical (unpaired) electrons. The van der Waals surface area contributed by atoms with Crippen molar-refractivity contribution in [1.29, 1.82) is 0 Å². The molecular weight excluding hydrogens is 326 g/mol. The Morgan fingerprint density at radius 3 is 2.16 bits per heavy atom. The Kier molecular flexibility index (Phi) is 5.66. The average Bonchev–Trinajstić information content (AvgIpc) is 2.92. The number of piperidine rings is 1. The molecule has 0 N–H and O–H groups in total. The summed E-state index contributed by atoms with van der Waals surface area (Å²) in [5.41, 5.74) is -0.239. The third kappa shape index (κ3) is 4.17. The normalized spacial score (nSPS) is 19.6. The van der Waals surface area contributed by atoms with E-state index in [1.807, 2.05) is 4.90 Å². The van der Waals surface area contributed by atoms with Crippen molar-refractivity contribution in [3.8, 4) is 0 Å². The van der Waals surface area contributed by atoms with Gasteiger partial charge in [0, 0.05) is 32.1 Å². The van der Waals surface area contributed by atoms with E-state index in [0.29, 0.717) is 25.9 Å². The molecule has 2 aliphatic heterocycles. The number of carbonyl (C=O) groups excluding carboxylic acids is 2. The van der Waals surface area contributed by atoms with Gasteiger partial charge in [-0.2, -0.15) is 0 Å². The molecule has 2 fully saturated rings. The molecular formula is C19H24F2N2O2. The largest absolute Gasteiger partial charge is 0.342 e. The van der Waals surface area contributed by atoms with Crippen LogP contribution in [0.3, 0.4) is 0 Å². The number of hydrogen-bond donors (Lipinski definition) is 0. The van der Waals surface area contributed by atoms with Crippen LogP contribution in [-0.2, 0) is 4.79 Å². The lowest BCUT2D eigenvalue weighted by atomic mass is 9.94. The first-order valence-electron chi connectivity index (χ1n) is 9.09. The molecule has 0 atom stereocenters. The van der Waals surface area contributed by atoms with Gasteiger partial charge in [0.1, 0.15) is 11.6 Å². The highest BCUT2D eigenvalue weighted by atomic mass is 19.1. The highest BCUT2D eigenvalue weighted by Gasteiger charge is 2.31. The second kappa shape index (κ2) is 7.93. The molecule has 2 saturated heterocycles. The molecule has 2 heterocycles. The van der Waals surface area contributed by atoms with E-state index >= 15 is 0 Å². The molecule has 6 heteroatoms. The Hall–Kier alpha value is -1.98. The molecule has 25 heavy (non-hydrogen) atoms. The first-order chi connectivity index (χ1) is 12.1. The van der Waals surface area contributed by atoms with Crippen LogP contribution in [0.4, 0.5) is 8.78 Å². The minimum Gasteiger partial charge on any atom is -0.342 e. The van der Waals surface area contributed by atoms with E-state index < -0.39 is 17.5 Å². The van der Waals surface area contributed by atoms with Crippen LogP contribution in [0.15, 0.2) is 18.2 Å². The SMILES string of the molecule is O=C(c1cc(F)ccc1F)N1CCC(C(=O)N2CCCCCC2)CC1. The van der Waals surface area contributed by atoms with Crippen molar-refractivity contribution in [3.05, 3.63) is 35.4 Å². The molecule has 4 nitrogen and oxygen atoms in total. The molecule has 2 amide bonds. The van der Waals surface area contributed by atoms with Crippen LogP contribution in [0, 0.1) is 17.6 Å². The molecule has 136 valence electrons. The van der Waals surface area contributed by atoms with Crippen molar-refractivity contribution in [2.75, 3.05) is 26.2 Å². The van der Waals surface area contributed by atoms with Crippen molar-refractivity contribution in [2.24, 2.45) is 5.92 Å². The van der Waals surface area contributed by atoms with Gasteiger partial charge < -0.3 is 9.80 Å². The summed E-state index contributed by atoms with van der Waals surface area (Å²) >= 11 is 0. The lowest BCUT2D eigenvalue weighted by Gasteiger charge is -2.34. The maximum atomic E-state index is 13.8. The minimum atomic E-state index is -0.714. The Balaban J connectivity index is 1.58. The zero-order valence-electron chi connectivity index (χ0n) is 14.3. The second-order valence-corrected chi connectivity index (χ2v) is 6.93. The summed E-state index contributed by atoms with van der Waals surface area (Å²) in [6, 6.07) is 2.91. The van der Waals surface area contributed by atoms with Crippen molar-refractivity contribution in [2.45, 2.75) is 38.5 Å². The lowest BCUT2D eigenvalue weighted by Crippen LogP contribution is -2.44. The summed E-state index contributed by atoms with van der Waals surface area (Å²) in [6.07, 6.45) is 5.63. The number of halogens is 2. The molecule has 0 spiro atoms. The van der Waals surface area contributed by atoms with E-state index in [0.717, 1.165) is 44.1 Å². The zero-order chi connectivity index (χ0) is 17.8. The van der Waals surface area contributed by atoms with Gasteiger partial charge >= 0.3 is 0 Å². The Bertz CT molecular complexity index is 634. The number of amides is 2. The smallest absolute Gasteiger partial charge is 0.256 e. The maximum absolute atomic E-state index is 13.8. The van der Waals surface area contributed by atoms with Gasteiger partial charge in [0.15, 0.2) is 0 Å². The molecule has 0 unspecified atom stereocenters. The second-order valence-electron chi connectivity index (χ2n) is 6.93. The topological polar surface area (TPSA) is 40.6 Å². The summed E-state index contributed by atoms with van der Waals surface area (Å²) < 4.78 is 27.1. The minimum absolute atomic E-state index is 0.0699. The fourth-order valence-electron chi connectivity index (χ4n) is 3.71. The van der Waals surface area contributed by atoms with Crippen molar-refractivity contribution < 1.29 is 18.4 Å². The summed E-state index contributed by atoms with van der Waals surface area (Å²) in [6.45, 7) is 2.46. The first-order valence-corrected chi connectivity index (χ1v) is 9.09. The van der Waals surface area contributed by atoms with Crippen molar-refractivity contribution >= 4 is 11.8 Å². The van der Waals surface area contributed by atoms with Gasteiger partial charge in [0.2, 0.25) is 5.91 Å². The van der Waals surface area contributed by atoms with Crippen LogP contribution >= 0.6 is 0 Å². The molecule has 0 saturated carbocycles. The van der Waals surface area contributed by atoms with Crippen LogP contribution in [0.25, 0.3) is 0 Å². The number of likely N-dealkylation sites (tertiary alicyclic amines) is 2. The molecule has 0 aliphatic carbocycles. The monoisotopic (exact) mass is 350 g/mol. The van der Waals surface area contributed by atoms with Crippen LogP contribution in [0.1, 0.15) is 48.9 Å². The number of hydrogen-bond acceptors (Lipinski definition) is 2. The van der Waals surface area contributed by atoms with Crippen molar-refractivity contribution in [3.63, 3.8) is 0 Å². The summed E-state index contributed by atoms with van der Waals surface area (Å²) in [5, 5.41) is 0. The maximum Gasteiger partial charge on any atom is 0.256 e.